The van der Waals surface area contributed by atoms with E-state index >= 15 is 0 Å². The van der Waals surface area contributed by atoms with Crippen LogP contribution in [-0.4, -0.2) is 26.0 Å². The molecule has 1 unspecified atom stereocenters. The topological polar surface area (TPSA) is 74.0 Å². The van der Waals surface area contributed by atoms with Gasteiger partial charge in [0.05, 0.1) is 17.7 Å². The van der Waals surface area contributed by atoms with Gasteiger partial charge in [-0.15, -0.1) is 4.72 Å². The zero-order valence-corrected chi connectivity index (χ0v) is 19.1. The van der Waals surface area contributed by atoms with Gasteiger partial charge in [0.25, 0.3) is 0 Å². The van der Waals surface area contributed by atoms with E-state index in [-0.39, 0.29) is 4.75 Å². The van der Waals surface area contributed by atoms with Crippen molar-refractivity contribution in [3.8, 4) is 11.3 Å². The summed E-state index contributed by atoms with van der Waals surface area (Å²) in [6.45, 7) is 8.47. The second-order valence-electron chi connectivity index (χ2n) is 8.82. The molecule has 0 bridgehead atoms. The zero-order valence-electron chi connectivity index (χ0n) is 18.3. The normalized spacial score (nSPS) is 15.0. The van der Waals surface area contributed by atoms with Crippen molar-refractivity contribution < 1.29 is 9.08 Å². The third-order valence-electron chi connectivity index (χ3n) is 5.50. The Kier molecular flexibility index (Phi) is 5.88. The summed E-state index contributed by atoms with van der Waals surface area (Å²) in [5.74, 6) is 0. The third-order valence-corrected chi connectivity index (χ3v) is 7.02. The molecule has 0 aliphatic heterocycles. The van der Waals surface area contributed by atoms with Gasteiger partial charge in [0, 0.05) is 28.5 Å². The van der Waals surface area contributed by atoms with Gasteiger partial charge in [0.15, 0.2) is 5.58 Å². The minimum Gasteiger partial charge on any atom is -0.598 e. The maximum Gasteiger partial charge on any atom is 0.167 e. The molecule has 4 aromatic rings. The van der Waals surface area contributed by atoms with Gasteiger partial charge in [0.2, 0.25) is 0 Å². The molecule has 2 atom stereocenters. The molecule has 6 heteroatoms. The van der Waals surface area contributed by atoms with E-state index in [1.165, 1.54) is 0 Å². The maximum absolute atomic E-state index is 12.8. The second kappa shape index (κ2) is 8.46. The van der Waals surface area contributed by atoms with Crippen LogP contribution in [0.3, 0.4) is 0 Å². The molecule has 0 saturated heterocycles. The average molecular weight is 434 g/mol. The van der Waals surface area contributed by atoms with Crippen LogP contribution < -0.4 is 4.72 Å². The summed E-state index contributed by atoms with van der Waals surface area (Å²) < 4.78 is 21.3. The smallest absolute Gasteiger partial charge is 0.167 e. The van der Waals surface area contributed by atoms with E-state index in [1.54, 1.807) is 6.20 Å². The first-order chi connectivity index (χ1) is 14.8. The first-order valence-corrected chi connectivity index (χ1v) is 11.5. The van der Waals surface area contributed by atoms with E-state index < -0.39 is 16.8 Å². The molecule has 0 aliphatic rings. The van der Waals surface area contributed by atoms with Crippen LogP contribution >= 0.6 is 0 Å². The van der Waals surface area contributed by atoms with E-state index in [9.17, 15) is 4.55 Å². The van der Waals surface area contributed by atoms with Crippen LogP contribution in [0.5, 0.6) is 0 Å². The molecule has 2 aromatic heterocycles. The summed E-state index contributed by atoms with van der Waals surface area (Å²) in [4.78, 5) is 4.67. The Bertz CT molecular complexity index is 1170. The lowest BCUT2D eigenvalue weighted by Gasteiger charge is -2.33. The molecule has 5 nitrogen and oxygen atoms in total. The van der Waals surface area contributed by atoms with E-state index in [1.807, 2.05) is 75.4 Å². The van der Waals surface area contributed by atoms with Crippen molar-refractivity contribution in [1.29, 1.82) is 0 Å². The molecule has 1 N–H and O–H groups in total. The van der Waals surface area contributed by atoms with Crippen LogP contribution in [0.25, 0.3) is 22.2 Å². The fraction of sp³-hybridized carbons (Fsp3) is 0.280. The largest absolute Gasteiger partial charge is 0.598 e. The Balaban J connectivity index is 1.85. The van der Waals surface area contributed by atoms with E-state index in [0.717, 1.165) is 33.5 Å². The van der Waals surface area contributed by atoms with Crippen molar-refractivity contribution in [2.24, 2.45) is 0 Å². The molecule has 2 heterocycles. The number of hydrogen-bond donors (Lipinski definition) is 1. The van der Waals surface area contributed by atoms with Gasteiger partial charge in [-0.3, -0.25) is 4.98 Å². The van der Waals surface area contributed by atoms with Gasteiger partial charge in [-0.2, -0.15) is 0 Å². The Morgan fingerprint density at radius 1 is 0.935 bits per heavy atom. The number of nitrogens with one attached hydrogen (secondary N) is 1. The first kappa shape index (κ1) is 21.6. The van der Waals surface area contributed by atoms with Crippen LogP contribution in [0.1, 0.15) is 39.0 Å². The van der Waals surface area contributed by atoms with Gasteiger partial charge in [-0.05, 0) is 57.5 Å². The van der Waals surface area contributed by atoms with Crippen LogP contribution in [0.4, 0.5) is 0 Å². The number of para-hydroxylation sites is 1. The van der Waals surface area contributed by atoms with Crippen molar-refractivity contribution in [1.82, 2.24) is 14.9 Å². The SMILES string of the molecule is CC(C)(C)[S+]([O-])NC[C@@](C)(c1ccccn1)c1ccccc1-c1noc2ccccc12. The number of fused-ring (bicyclic) bond motifs is 1. The van der Waals surface area contributed by atoms with E-state index in [4.69, 9.17) is 4.52 Å². The number of nitrogens with zero attached hydrogens (tertiary/aromatic N) is 2. The van der Waals surface area contributed by atoms with Crippen LogP contribution in [0.2, 0.25) is 0 Å². The quantitative estimate of drug-likeness (QED) is 0.421. The minimum atomic E-state index is -1.21. The molecule has 4 rings (SSSR count). The lowest BCUT2D eigenvalue weighted by molar-refractivity contribution is 0.458. The van der Waals surface area contributed by atoms with Crippen molar-refractivity contribution >= 4 is 22.3 Å². The van der Waals surface area contributed by atoms with E-state index in [2.05, 4.69) is 33.9 Å². The second-order valence-corrected chi connectivity index (χ2v) is 10.9. The number of pyridine rings is 1. The van der Waals surface area contributed by atoms with Crippen molar-refractivity contribution in [3.63, 3.8) is 0 Å². The standard InChI is InChI=1S/C25H27N3O2S/c1-24(2,3)31(29)27-17-25(4,22-15-9-10-16-26-22)20-13-7-5-11-18(20)23-19-12-6-8-14-21(19)30-28-23/h5-16,27H,17H2,1-4H3/t25-,31?/m1/s1. The highest BCUT2D eigenvalue weighted by atomic mass is 32.2. The lowest BCUT2D eigenvalue weighted by atomic mass is 9.76. The Hall–Kier alpha value is -2.67. The van der Waals surface area contributed by atoms with Crippen molar-refractivity contribution in [3.05, 3.63) is 84.2 Å². The summed E-state index contributed by atoms with van der Waals surface area (Å²) >= 11 is -1.21. The van der Waals surface area contributed by atoms with Crippen molar-refractivity contribution in [2.75, 3.05) is 6.54 Å². The maximum atomic E-state index is 12.8. The molecule has 0 aliphatic carbocycles. The number of hydrogen-bond acceptors (Lipinski definition) is 5. The monoisotopic (exact) mass is 433 g/mol. The summed E-state index contributed by atoms with van der Waals surface area (Å²) in [6.07, 6.45) is 1.79. The highest BCUT2D eigenvalue weighted by Gasteiger charge is 2.37. The molecular formula is C25H27N3O2S. The zero-order chi connectivity index (χ0) is 22.1. The Morgan fingerprint density at radius 3 is 2.39 bits per heavy atom. The molecule has 31 heavy (non-hydrogen) atoms. The summed E-state index contributed by atoms with van der Waals surface area (Å²) in [5, 5.41) is 5.35. The molecule has 160 valence electrons. The molecule has 0 radical (unpaired) electrons. The van der Waals surface area contributed by atoms with Crippen molar-refractivity contribution in [2.45, 2.75) is 37.9 Å². The summed E-state index contributed by atoms with van der Waals surface area (Å²) in [5.41, 5.74) is 3.92. The lowest BCUT2D eigenvalue weighted by Crippen LogP contribution is -2.46. The Morgan fingerprint density at radius 2 is 1.65 bits per heavy atom. The third kappa shape index (κ3) is 4.24. The van der Waals surface area contributed by atoms with E-state index in [0.29, 0.717) is 6.54 Å². The van der Waals surface area contributed by atoms with Gasteiger partial charge in [-0.25, -0.2) is 0 Å². The summed E-state index contributed by atoms with van der Waals surface area (Å²) in [7, 11) is 0. The fourth-order valence-corrected chi connectivity index (χ4v) is 4.54. The molecule has 0 saturated carbocycles. The number of rotatable bonds is 6. The first-order valence-electron chi connectivity index (χ1n) is 10.3. The fourth-order valence-electron chi connectivity index (χ4n) is 3.69. The average Bonchev–Trinajstić information content (AvgIpc) is 3.21. The highest BCUT2D eigenvalue weighted by molar-refractivity contribution is 7.90. The van der Waals surface area contributed by atoms with Crippen LogP contribution in [0, 0.1) is 0 Å². The number of benzene rings is 2. The minimum absolute atomic E-state index is 0.368. The Labute approximate surface area is 186 Å². The van der Waals surface area contributed by atoms with Crippen LogP contribution in [0.15, 0.2) is 77.4 Å². The van der Waals surface area contributed by atoms with Gasteiger partial charge in [-0.1, -0.05) is 47.6 Å². The predicted octanol–water partition coefficient (Wildman–Crippen LogP) is 5.25. The molecule has 0 fully saturated rings. The van der Waals surface area contributed by atoms with Gasteiger partial charge < -0.3 is 9.08 Å². The molecular weight excluding hydrogens is 406 g/mol. The molecule has 0 amide bonds. The number of aromatic nitrogens is 2. The summed E-state index contributed by atoms with van der Waals surface area (Å²) in [6, 6.07) is 21.9. The van der Waals surface area contributed by atoms with Gasteiger partial charge >= 0.3 is 0 Å². The molecule has 2 aromatic carbocycles. The predicted molar refractivity (Wildman–Crippen MR) is 126 cm³/mol. The van der Waals surface area contributed by atoms with Gasteiger partial charge in [0.1, 0.15) is 10.4 Å². The van der Waals surface area contributed by atoms with Crippen LogP contribution in [-0.2, 0) is 16.8 Å². The molecule has 0 spiro atoms. The highest BCUT2D eigenvalue weighted by Crippen LogP contribution is 2.39.